The Morgan fingerprint density at radius 3 is 2.23 bits per heavy atom. The van der Waals surface area contributed by atoms with E-state index in [4.69, 9.17) is 0 Å². The summed E-state index contributed by atoms with van der Waals surface area (Å²) in [6.07, 6.45) is -4.08. The van der Waals surface area contributed by atoms with Crippen LogP contribution in [-0.4, -0.2) is 28.2 Å². The van der Waals surface area contributed by atoms with E-state index in [1.165, 1.54) is 12.1 Å². The van der Waals surface area contributed by atoms with Gasteiger partial charge in [0, 0.05) is 0 Å². The Labute approximate surface area is 178 Å². The maximum absolute atomic E-state index is 13.0. The number of halogens is 4. The summed E-state index contributed by atoms with van der Waals surface area (Å²) in [5.74, 6) is -1.20. The lowest BCUT2D eigenvalue weighted by atomic mass is 10.2. The van der Waals surface area contributed by atoms with Gasteiger partial charge in [0.15, 0.2) is 20.1 Å². The molecule has 3 rings (SSSR count). The predicted molar refractivity (Wildman–Crippen MR) is 103 cm³/mol. The number of sulfone groups is 1. The molecule has 0 radical (unpaired) electrons. The van der Waals surface area contributed by atoms with Crippen LogP contribution in [0.15, 0.2) is 64.5 Å². The molecule has 0 spiro atoms. The van der Waals surface area contributed by atoms with E-state index in [2.05, 4.69) is 14.4 Å². The SMILES string of the molecule is O=S(=O)(Cc1cccc(OC(F)(F)F)c1)c1ccc(S(=O)(=O)Nc2ncc(F)s2)cc1. The molecule has 1 heterocycles. The lowest BCUT2D eigenvalue weighted by Gasteiger charge is -2.11. The summed E-state index contributed by atoms with van der Waals surface area (Å²) in [6.45, 7) is 0. The fourth-order valence-electron chi connectivity index (χ4n) is 2.44. The molecule has 3 aromatic rings. The first-order valence-corrected chi connectivity index (χ1v) is 12.1. The van der Waals surface area contributed by atoms with Crippen LogP contribution in [0.25, 0.3) is 0 Å². The zero-order valence-corrected chi connectivity index (χ0v) is 17.6. The summed E-state index contributed by atoms with van der Waals surface area (Å²) in [7, 11) is -8.13. The van der Waals surface area contributed by atoms with Gasteiger partial charge in [0.2, 0.25) is 0 Å². The van der Waals surface area contributed by atoms with Gasteiger partial charge in [-0.3, -0.25) is 4.72 Å². The maximum Gasteiger partial charge on any atom is 0.573 e. The Balaban J connectivity index is 1.78. The maximum atomic E-state index is 13.0. The second-order valence-electron chi connectivity index (χ2n) is 6.00. The number of sulfonamides is 1. The molecule has 31 heavy (non-hydrogen) atoms. The number of hydrogen-bond donors (Lipinski definition) is 1. The van der Waals surface area contributed by atoms with Gasteiger partial charge in [-0.1, -0.05) is 23.5 Å². The third-order valence-corrected chi connectivity index (χ3v) is 7.57. The Morgan fingerprint density at radius 1 is 1.00 bits per heavy atom. The molecular formula is C17H12F4N2O5S3. The standard InChI is InChI=1S/C17H12F4N2O5S3/c18-15-9-22-16(29-15)23-31(26,27)14-6-4-13(5-7-14)30(24,25)10-11-2-1-3-12(8-11)28-17(19,20)21/h1-9H,10H2,(H,22,23). The highest BCUT2D eigenvalue weighted by Gasteiger charge is 2.31. The molecule has 1 N–H and O–H groups in total. The highest BCUT2D eigenvalue weighted by atomic mass is 32.2. The van der Waals surface area contributed by atoms with Gasteiger partial charge in [-0.05, 0) is 42.0 Å². The van der Waals surface area contributed by atoms with E-state index in [0.717, 1.165) is 42.6 Å². The molecule has 0 saturated carbocycles. The van der Waals surface area contributed by atoms with E-state index in [1.54, 1.807) is 0 Å². The van der Waals surface area contributed by atoms with Crippen LogP contribution in [0.3, 0.4) is 0 Å². The molecule has 14 heteroatoms. The fourth-order valence-corrected chi connectivity index (χ4v) is 5.56. The summed E-state index contributed by atoms with van der Waals surface area (Å²) in [5, 5.41) is -0.890. The van der Waals surface area contributed by atoms with Crippen LogP contribution in [-0.2, 0) is 25.6 Å². The van der Waals surface area contributed by atoms with Crippen molar-refractivity contribution in [2.45, 2.75) is 21.9 Å². The van der Waals surface area contributed by atoms with Crippen molar-refractivity contribution < 1.29 is 39.1 Å². The normalized spacial score (nSPS) is 12.5. The average Bonchev–Trinajstić information content (AvgIpc) is 3.04. The molecule has 0 amide bonds. The Hall–Kier alpha value is -2.71. The van der Waals surface area contributed by atoms with Gasteiger partial charge >= 0.3 is 6.36 Å². The Bertz CT molecular complexity index is 1290. The smallest absolute Gasteiger partial charge is 0.406 e. The van der Waals surface area contributed by atoms with Gasteiger partial charge in [-0.2, -0.15) is 4.39 Å². The lowest BCUT2D eigenvalue weighted by Crippen LogP contribution is -2.17. The molecule has 0 aliphatic heterocycles. The summed E-state index contributed by atoms with van der Waals surface area (Å²) in [5.41, 5.74) is 0.0471. The molecule has 2 aromatic carbocycles. The summed E-state index contributed by atoms with van der Waals surface area (Å²) >= 11 is 0.478. The minimum absolute atomic E-state index is 0.0471. The number of nitrogens with zero attached hydrogens (tertiary/aromatic N) is 1. The zero-order valence-electron chi connectivity index (χ0n) is 15.1. The number of nitrogens with one attached hydrogen (secondary N) is 1. The third kappa shape index (κ3) is 6.15. The van der Waals surface area contributed by atoms with Crippen LogP contribution in [0.4, 0.5) is 22.7 Å². The summed E-state index contributed by atoms with van der Waals surface area (Å²) in [4.78, 5) is 3.01. The van der Waals surface area contributed by atoms with E-state index in [0.29, 0.717) is 11.3 Å². The van der Waals surface area contributed by atoms with Gasteiger partial charge < -0.3 is 4.74 Å². The summed E-state index contributed by atoms with van der Waals surface area (Å²) in [6, 6.07) is 8.66. The highest BCUT2D eigenvalue weighted by molar-refractivity contribution is 7.93. The molecule has 0 saturated heterocycles. The molecule has 0 aliphatic carbocycles. The van der Waals surface area contributed by atoms with Gasteiger partial charge in [0.05, 0.1) is 21.7 Å². The van der Waals surface area contributed by atoms with Crippen LogP contribution in [0, 0.1) is 5.13 Å². The second-order valence-corrected chi connectivity index (χ2v) is 10.7. The van der Waals surface area contributed by atoms with Gasteiger partial charge in [0.1, 0.15) is 5.75 Å². The first-order chi connectivity index (χ1) is 14.3. The zero-order chi connectivity index (χ0) is 22.9. The number of hydrogen-bond acceptors (Lipinski definition) is 7. The van der Waals surface area contributed by atoms with Crippen molar-refractivity contribution in [3.63, 3.8) is 0 Å². The molecular weight excluding hydrogens is 484 g/mol. The van der Waals surface area contributed by atoms with E-state index in [1.807, 2.05) is 0 Å². The van der Waals surface area contributed by atoms with E-state index >= 15 is 0 Å². The number of rotatable bonds is 7. The van der Waals surface area contributed by atoms with Crippen molar-refractivity contribution in [2.24, 2.45) is 0 Å². The van der Waals surface area contributed by atoms with Crippen molar-refractivity contribution in [2.75, 3.05) is 4.72 Å². The number of ether oxygens (including phenoxy) is 1. The molecule has 7 nitrogen and oxygen atoms in total. The minimum atomic E-state index is -4.92. The molecule has 0 bridgehead atoms. The molecule has 0 aliphatic rings. The predicted octanol–water partition coefficient (Wildman–Crippen LogP) is 3.96. The molecule has 166 valence electrons. The number of aromatic nitrogens is 1. The molecule has 0 atom stereocenters. The van der Waals surface area contributed by atoms with Crippen LogP contribution < -0.4 is 9.46 Å². The first kappa shape index (κ1) is 23.0. The number of alkyl halides is 3. The fraction of sp³-hybridized carbons (Fsp3) is 0.118. The molecule has 0 unspecified atom stereocenters. The number of benzene rings is 2. The van der Waals surface area contributed by atoms with Gasteiger partial charge in [0.25, 0.3) is 10.0 Å². The van der Waals surface area contributed by atoms with E-state index < -0.39 is 42.9 Å². The third-order valence-electron chi connectivity index (χ3n) is 3.68. The van der Waals surface area contributed by atoms with E-state index in [-0.39, 0.29) is 20.5 Å². The van der Waals surface area contributed by atoms with Gasteiger partial charge in [-0.15, -0.1) is 13.2 Å². The van der Waals surface area contributed by atoms with Crippen molar-refractivity contribution in [1.29, 1.82) is 0 Å². The first-order valence-electron chi connectivity index (χ1n) is 8.16. The quantitative estimate of drug-likeness (QED) is 0.497. The van der Waals surface area contributed by atoms with Crippen molar-refractivity contribution >= 4 is 36.3 Å². The van der Waals surface area contributed by atoms with Crippen molar-refractivity contribution in [3.05, 3.63) is 65.4 Å². The van der Waals surface area contributed by atoms with Crippen LogP contribution in [0.5, 0.6) is 5.75 Å². The average molecular weight is 496 g/mol. The number of thiazole rings is 1. The van der Waals surface area contributed by atoms with Gasteiger partial charge in [-0.25, -0.2) is 21.8 Å². The van der Waals surface area contributed by atoms with Crippen LogP contribution in [0.1, 0.15) is 5.56 Å². The highest BCUT2D eigenvalue weighted by Crippen LogP contribution is 2.26. The Kier molecular flexibility index (Phi) is 6.25. The van der Waals surface area contributed by atoms with Crippen molar-refractivity contribution in [3.8, 4) is 5.75 Å². The van der Waals surface area contributed by atoms with Crippen LogP contribution in [0.2, 0.25) is 0 Å². The summed E-state index contributed by atoms with van der Waals surface area (Å²) < 4.78 is 106. The monoisotopic (exact) mass is 496 g/mol. The largest absolute Gasteiger partial charge is 0.573 e. The minimum Gasteiger partial charge on any atom is -0.406 e. The second kappa shape index (κ2) is 8.43. The molecule has 1 aromatic heterocycles. The Morgan fingerprint density at radius 2 is 1.65 bits per heavy atom. The topological polar surface area (TPSA) is 102 Å². The van der Waals surface area contributed by atoms with Crippen LogP contribution >= 0.6 is 11.3 Å². The molecule has 0 fully saturated rings. The lowest BCUT2D eigenvalue weighted by molar-refractivity contribution is -0.274. The number of anilines is 1. The van der Waals surface area contributed by atoms with E-state index in [9.17, 15) is 34.4 Å². The van der Waals surface area contributed by atoms with Crippen molar-refractivity contribution in [1.82, 2.24) is 4.98 Å².